The lowest BCUT2D eigenvalue weighted by molar-refractivity contribution is 0.129. The van der Waals surface area contributed by atoms with Gasteiger partial charge in [0.05, 0.1) is 12.1 Å². The van der Waals surface area contributed by atoms with Gasteiger partial charge in [-0.25, -0.2) is 4.79 Å². The summed E-state index contributed by atoms with van der Waals surface area (Å²) in [4.78, 5) is 11.3. The van der Waals surface area contributed by atoms with E-state index in [4.69, 9.17) is 4.74 Å². The molecule has 0 spiro atoms. The quantitative estimate of drug-likeness (QED) is 0.393. The third-order valence-electron chi connectivity index (χ3n) is 4.10. The van der Waals surface area contributed by atoms with Gasteiger partial charge in [-0.1, -0.05) is 88.1 Å². The van der Waals surface area contributed by atoms with E-state index >= 15 is 0 Å². The molecule has 4 nitrogen and oxygen atoms in total. The van der Waals surface area contributed by atoms with E-state index in [1.807, 2.05) is 48.6 Å². The zero-order chi connectivity index (χ0) is 18.3. The molecule has 2 N–H and O–H groups in total. The van der Waals surface area contributed by atoms with Gasteiger partial charge in [0.2, 0.25) is 0 Å². The van der Waals surface area contributed by atoms with Crippen molar-refractivity contribution in [3.05, 3.63) is 48.6 Å². The van der Waals surface area contributed by atoms with E-state index in [2.05, 4.69) is 19.2 Å². The Balaban J connectivity index is 2.29. The second-order valence-corrected chi connectivity index (χ2v) is 6.36. The highest BCUT2D eigenvalue weighted by Gasteiger charge is 2.31. The zero-order valence-electron chi connectivity index (χ0n) is 15.6. The summed E-state index contributed by atoms with van der Waals surface area (Å²) < 4.78 is 5.27. The van der Waals surface area contributed by atoms with Gasteiger partial charge >= 0.3 is 6.09 Å². The van der Waals surface area contributed by atoms with Crippen LogP contribution in [0, 0.1) is 0 Å². The Hall–Kier alpha value is -1.81. The monoisotopic (exact) mass is 347 g/mol. The van der Waals surface area contributed by atoms with Crippen molar-refractivity contribution in [1.82, 2.24) is 5.32 Å². The van der Waals surface area contributed by atoms with Crippen LogP contribution in [0.3, 0.4) is 0 Å². The number of unbranched alkanes of at least 4 members (excludes halogenated alkanes) is 3. The lowest BCUT2D eigenvalue weighted by Crippen LogP contribution is -2.29. The van der Waals surface area contributed by atoms with Gasteiger partial charge in [0.25, 0.3) is 0 Å². The molecular weight excluding hydrogens is 314 g/mol. The molecule has 0 radical (unpaired) electrons. The zero-order valence-corrected chi connectivity index (χ0v) is 15.6. The Bertz CT molecular complexity index is 480. The molecule has 1 fully saturated rings. The van der Waals surface area contributed by atoms with E-state index in [1.165, 1.54) is 12.8 Å². The molecule has 0 aromatic rings. The predicted octanol–water partition coefficient (Wildman–Crippen LogP) is 4.82. The van der Waals surface area contributed by atoms with Crippen LogP contribution in [-0.4, -0.2) is 29.4 Å². The average Bonchev–Trinajstić information content (AvgIpc) is 2.95. The second-order valence-electron chi connectivity index (χ2n) is 6.36. The molecule has 0 aliphatic carbocycles. The van der Waals surface area contributed by atoms with Crippen molar-refractivity contribution >= 4 is 6.09 Å². The number of carbonyl (C=O) groups excluding carboxylic acids is 1. The van der Waals surface area contributed by atoms with Gasteiger partial charge in [0, 0.05) is 0 Å². The Morgan fingerprint density at radius 2 is 1.72 bits per heavy atom. The first-order valence-corrected chi connectivity index (χ1v) is 9.50. The number of carbonyl (C=O) groups is 1. The fourth-order valence-corrected chi connectivity index (χ4v) is 2.62. The van der Waals surface area contributed by atoms with Crippen LogP contribution in [0.4, 0.5) is 4.79 Å². The summed E-state index contributed by atoms with van der Waals surface area (Å²) in [5.74, 6) is 0. The normalized spacial score (nSPS) is 22.4. The third kappa shape index (κ3) is 9.92. The Morgan fingerprint density at radius 1 is 1.04 bits per heavy atom. The van der Waals surface area contributed by atoms with Crippen LogP contribution < -0.4 is 5.32 Å². The highest BCUT2D eigenvalue weighted by Crippen LogP contribution is 2.16. The summed E-state index contributed by atoms with van der Waals surface area (Å²) >= 11 is 0. The molecule has 25 heavy (non-hydrogen) atoms. The molecule has 0 unspecified atom stereocenters. The number of allylic oxidation sites excluding steroid dienone is 6. The van der Waals surface area contributed by atoms with Crippen LogP contribution in [0.2, 0.25) is 0 Å². The number of nitrogens with one attached hydrogen (secondary N) is 1. The fraction of sp³-hybridized carbons (Fsp3) is 0.571. The number of aliphatic hydroxyl groups excluding tert-OH is 1. The van der Waals surface area contributed by atoms with Gasteiger partial charge in [-0.3, -0.25) is 0 Å². The van der Waals surface area contributed by atoms with Crippen molar-refractivity contribution in [2.24, 2.45) is 0 Å². The summed E-state index contributed by atoms with van der Waals surface area (Å²) in [5.41, 5.74) is 0. The minimum atomic E-state index is -0.355. The van der Waals surface area contributed by atoms with Crippen molar-refractivity contribution in [2.45, 2.75) is 77.0 Å². The van der Waals surface area contributed by atoms with Gasteiger partial charge < -0.3 is 15.2 Å². The van der Waals surface area contributed by atoms with Crippen molar-refractivity contribution in [3.8, 4) is 0 Å². The maximum atomic E-state index is 11.3. The molecule has 1 heterocycles. The van der Waals surface area contributed by atoms with E-state index in [1.54, 1.807) is 0 Å². The average molecular weight is 347 g/mol. The van der Waals surface area contributed by atoms with Gasteiger partial charge in [0.1, 0.15) is 6.10 Å². The van der Waals surface area contributed by atoms with Gasteiger partial charge in [0.15, 0.2) is 0 Å². The molecule has 0 aromatic heterocycles. The smallest absolute Gasteiger partial charge is 0.408 e. The topological polar surface area (TPSA) is 58.6 Å². The number of rotatable bonds is 12. The molecule has 3 atom stereocenters. The molecule has 0 bridgehead atoms. The number of hydrogen-bond acceptors (Lipinski definition) is 3. The Kier molecular flexibility index (Phi) is 11.4. The van der Waals surface area contributed by atoms with Gasteiger partial charge in [-0.2, -0.15) is 0 Å². The number of hydrogen-bond donors (Lipinski definition) is 2. The molecule has 0 aromatic carbocycles. The first-order valence-electron chi connectivity index (χ1n) is 9.50. The summed E-state index contributed by atoms with van der Waals surface area (Å²) in [7, 11) is 0. The van der Waals surface area contributed by atoms with Crippen LogP contribution >= 0.6 is 0 Å². The largest absolute Gasteiger partial charge is 0.444 e. The van der Waals surface area contributed by atoms with Crippen LogP contribution in [0.5, 0.6) is 0 Å². The van der Waals surface area contributed by atoms with Crippen LogP contribution in [0.1, 0.15) is 58.8 Å². The number of alkyl carbamates (subject to hydrolysis) is 1. The van der Waals surface area contributed by atoms with E-state index < -0.39 is 0 Å². The molecule has 1 amide bonds. The maximum Gasteiger partial charge on any atom is 0.408 e. The Morgan fingerprint density at radius 3 is 2.44 bits per heavy atom. The summed E-state index contributed by atoms with van der Waals surface area (Å²) in [6.07, 6.45) is 21.7. The highest BCUT2D eigenvalue weighted by molar-refractivity contribution is 5.70. The van der Waals surface area contributed by atoms with Crippen molar-refractivity contribution in [2.75, 3.05) is 0 Å². The molecular formula is C21H33NO3. The van der Waals surface area contributed by atoms with Crippen molar-refractivity contribution in [3.63, 3.8) is 0 Å². The number of aliphatic hydroxyl groups is 1. The molecule has 1 rings (SSSR count). The highest BCUT2D eigenvalue weighted by atomic mass is 16.6. The van der Waals surface area contributed by atoms with E-state index in [-0.39, 0.29) is 24.3 Å². The number of ether oxygens (including phenoxy) is 1. The lowest BCUT2D eigenvalue weighted by Gasteiger charge is -2.12. The van der Waals surface area contributed by atoms with Crippen LogP contribution in [0.25, 0.3) is 0 Å². The molecule has 4 heteroatoms. The lowest BCUT2D eigenvalue weighted by atomic mass is 10.1. The molecule has 1 aliphatic heterocycles. The van der Waals surface area contributed by atoms with Crippen LogP contribution in [0.15, 0.2) is 48.6 Å². The second kappa shape index (κ2) is 13.5. The predicted molar refractivity (Wildman–Crippen MR) is 103 cm³/mol. The fourth-order valence-electron chi connectivity index (χ4n) is 2.62. The number of cyclic esters (lactones) is 1. The molecule has 1 saturated heterocycles. The molecule has 140 valence electrons. The SMILES string of the molecule is CCCCC[C@@H](O)/C=C/C=C\C=C\C=C\[C@H]1NC(=O)O[C@H]1CCCC. The van der Waals surface area contributed by atoms with Crippen molar-refractivity contribution in [1.29, 1.82) is 0 Å². The summed E-state index contributed by atoms with van der Waals surface area (Å²) in [6, 6.07) is -0.0501. The number of amides is 1. The third-order valence-corrected chi connectivity index (χ3v) is 4.10. The van der Waals surface area contributed by atoms with E-state index in [0.717, 1.165) is 32.1 Å². The minimum Gasteiger partial charge on any atom is -0.444 e. The minimum absolute atomic E-state index is 0.0501. The molecule has 1 aliphatic rings. The van der Waals surface area contributed by atoms with E-state index in [9.17, 15) is 9.90 Å². The maximum absolute atomic E-state index is 11.3. The van der Waals surface area contributed by atoms with Gasteiger partial charge in [-0.05, 0) is 19.3 Å². The van der Waals surface area contributed by atoms with Gasteiger partial charge in [-0.15, -0.1) is 0 Å². The summed E-state index contributed by atoms with van der Waals surface area (Å²) in [5, 5.41) is 12.6. The first kappa shape index (κ1) is 21.2. The van der Waals surface area contributed by atoms with Crippen LogP contribution in [-0.2, 0) is 4.74 Å². The first-order chi connectivity index (χ1) is 12.2. The molecule has 0 saturated carbocycles. The standard InChI is InChI=1S/C21H33NO3/c1-3-5-11-14-18(23)15-12-9-7-8-10-13-16-19-20(17-6-4-2)25-21(24)22-19/h7-10,12-13,15-16,18-20,23H,3-6,11,14,17H2,1-2H3,(H,22,24)/b9-7-,10-8+,15-12+,16-13+/t18-,19-,20+/m1/s1. The van der Waals surface area contributed by atoms with E-state index in [0.29, 0.717) is 0 Å². The Labute approximate surface area is 152 Å². The summed E-state index contributed by atoms with van der Waals surface area (Å²) in [6.45, 7) is 4.29. The van der Waals surface area contributed by atoms with Crippen molar-refractivity contribution < 1.29 is 14.6 Å².